The van der Waals surface area contributed by atoms with Crippen LogP contribution in [0, 0.1) is 17.3 Å². The Morgan fingerprint density at radius 2 is 1.94 bits per heavy atom. The number of aliphatic hydroxyl groups is 1. The average molecular weight is 242 g/mol. The summed E-state index contributed by atoms with van der Waals surface area (Å²) in [5.74, 6) is 0.732. The van der Waals surface area contributed by atoms with Crippen LogP contribution in [0.15, 0.2) is 42.2 Å². The molecular weight excluding hydrogens is 224 g/mol. The molecule has 3 rings (SSSR count). The summed E-state index contributed by atoms with van der Waals surface area (Å²) in [6.45, 7) is 4.30. The Balaban J connectivity index is 2.06. The second-order valence-corrected chi connectivity index (χ2v) is 6.05. The molecule has 0 heterocycles. The minimum atomic E-state index is -0.0356. The lowest BCUT2D eigenvalue weighted by atomic mass is 9.76. The highest BCUT2D eigenvalue weighted by Crippen LogP contribution is 2.63. The Kier molecular flexibility index (Phi) is 2.37. The molecule has 0 saturated heterocycles. The van der Waals surface area contributed by atoms with Gasteiger partial charge in [0.05, 0.1) is 6.26 Å². The third kappa shape index (κ3) is 1.32. The summed E-state index contributed by atoms with van der Waals surface area (Å²) in [6, 6.07) is 10.3. The number of hydrogen-bond acceptors (Lipinski definition) is 2. The fraction of sp³-hybridized carbons (Fsp3) is 0.438. The van der Waals surface area contributed by atoms with E-state index in [4.69, 9.17) is 0 Å². The topological polar surface area (TPSA) is 37.3 Å². The Morgan fingerprint density at radius 3 is 2.50 bits per heavy atom. The van der Waals surface area contributed by atoms with Crippen molar-refractivity contribution in [1.29, 1.82) is 0 Å². The van der Waals surface area contributed by atoms with E-state index in [1.165, 1.54) is 5.56 Å². The van der Waals surface area contributed by atoms with Gasteiger partial charge in [0, 0.05) is 17.4 Å². The van der Waals surface area contributed by atoms with Crippen LogP contribution in [0.2, 0.25) is 0 Å². The Labute approximate surface area is 107 Å². The van der Waals surface area contributed by atoms with Crippen molar-refractivity contribution in [3.63, 3.8) is 0 Å². The Morgan fingerprint density at radius 1 is 1.28 bits per heavy atom. The van der Waals surface area contributed by atoms with Gasteiger partial charge in [-0.3, -0.25) is 4.79 Å². The number of allylic oxidation sites excluding steroid dienone is 1. The summed E-state index contributed by atoms with van der Waals surface area (Å²) >= 11 is 0. The summed E-state index contributed by atoms with van der Waals surface area (Å²) in [5.41, 5.74) is 1.88. The number of carbonyl (C=O) groups is 1. The number of aliphatic hydroxyl groups excluding tert-OH is 1. The van der Waals surface area contributed by atoms with Crippen molar-refractivity contribution >= 4 is 5.78 Å². The Bertz CT molecular complexity index is 513. The van der Waals surface area contributed by atoms with Gasteiger partial charge in [-0.25, -0.2) is 0 Å². The summed E-state index contributed by atoms with van der Waals surface area (Å²) in [4.78, 5) is 12.2. The molecule has 2 aliphatic rings. The first kappa shape index (κ1) is 11.5. The number of Topliss-reactive ketones (excluding diaryl/α,β-unsaturated/α-hetero) is 1. The third-order valence-electron chi connectivity index (χ3n) is 4.89. The van der Waals surface area contributed by atoms with Crippen molar-refractivity contribution < 1.29 is 9.90 Å². The molecule has 0 radical (unpaired) electrons. The van der Waals surface area contributed by atoms with Crippen LogP contribution in [-0.2, 0) is 4.79 Å². The summed E-state index contributed by atoms with van der Waals surface area (Å²) in [7, 11) is 0. The zero-order chi connectivity index (χ0) is 12.9. The highest BCUT2D eigenvalue weighted by Gasteiger charge is 2.61. The Hall–Kier alpha value is -1.57. The van der Waals surface area contributed by atoms with E-state index in [1.54, 1.807) is 0 Å². The van der Waals surface area contributed by atoms with Crippen LogP contribution < -0.4 is 0 Å². The lowest BCUT2D eigenvalue weighted by Gasteiger charge is -2.27. The molecule has 2 aliphatic carbocycles. The number of carbonyl (C=O) groups excluding carboxylic acids is 1. The quantitative estimate of drug-likeness (QED) is 0.605. The highest BCUT2D eigenvalue weighted by atomic mass is 16.2. The van der Waals surface area contributed by atoms with Crippen LogP contribution in [0.1, 0.15) is 31.7 Å². The SMILES string of the molecule is CC1(C)[C@H]2C[C@H](c3ccccc3)[C@@H]1/C(=C\O)C2=O. The molecule has 1 N–H and O–H groups in total. The minimum Gasteiger partial charge on any atom is -0.515 e. The van der Waals surface area contributed by atoms with E-state index in [0.29, 0.717) is 11.5 Å². The minimum absolute atomic E-state index is 0.0356. The first-order chi connectivity index (χ1) is 8.57. The summed E-state index contributed by atoms with van der Waals surface area (Å²) in [6.07, 6.45) is 1.96. The fourth-order valence-corrected chi connectivity index (χ4v) is 4.02. The van der Waals surface area contributed by atoms with E-state index in [-0.39, 0.29) is 23.0 Å². The average Bonchev–Trinajstić information content (AvgIpc) is 2.74. The molecule has 2 nitrogen and oxygen atoms in total. The van der Waals surface area contributed by atoms with Gasteiger partial charge >= 0.3 is 0 Å². The number of ketones is 1. The number of benzene rings is 1. The molecule has 0 aliphatic heterocycles. The van der Waals surface area contributed by atoms with Gasteiger partial charge < -0.3 is 5.11 Å². The zero-order valence-corrected chi connectivity index (χ0v) is 10.8. The summed E-state index contributed by atoms with van der Waals surface area (Å²) in [5, 5.41) is 9.37. The molecule has 3 atom stereocenters. The molecule has 94 valence electrons. The van der Waals surface area contributed by atoms with Crippen molar-refractivity contribution in [3.05, 3.63) is 47.7 Å². The van der Waals surface area contributed by atoms with Gasteiger partial charge in [-0.1, -0.05) is 44.2 Å². The molecule has 2 bridgehead atoms. The van der Waals surface area contributed by atoms with Crippen LogP contribution in [0.4, 0.5) is 0 Å². The maximum atomic E-state index is 12.2. The molecule has 0 amide bonds. The van der Waals surface area contributed by atoms with E-state index >= 15 is 0 Å². The lowest BCUT2D eigenvalue weighted by molar-refractivity contribution is -0.119. The third-order valence-corrected chi connectivity index (χ3v) is 4.89. The van der Waals surface area contributed by atoms with Gasteiger partial charge in [-0.2, -0.15) is 0 Å². The van der Waals surface area contributed by atoms with Crippen molar-refractivity contribution in [2.24, 2.45) is 17.3 Å². The van der Waals surface area contributed by atoms with Crippen molar-refractivity contribution in [2.75, 3.05) is 0 Å². The molecule has 0 aromatic heterocycles. The van der Waals surface area contributed by atoms with Crippen molar-refractivity contribution in [1.82, 2.24) is 0 Å². The summed E-state index contributed by atoms with van der Waals surface area (Å²) < 4.78 is 0. The normalized spacial score (nSPS) is 35.3. The highest BCUT2D eigenvalue weighted by molar-refractivity contribution is 6.02. The van der Waals surface area contributed by atoms with Gasteiger partial charge in [0.25, 0.3) is 0 Å². The van der Waals surface area contributed by atoms with Crippen molar-refractivity contribution in [3.8, 4) is 0 Å². The molecule has 0 unspecified atom stereocenters. The number of rotatable bonds is 1. The maximum Gasteiger partial charge on any atom is 0.165 e. The zero-order valence-electron chi connectivity index (χ0n) is 10.8. The van der Waals surface area contributed by atoms with Gasteiger partial charge in [0.2, 0.25) is 0 Å². The van der Waals surface area contributed by atoms with E-state index in [1.807, 2.05) is 18.2 Å². The standard InChI is InChI=1S/C16H18O2/c1-16(2)13-8-11(10-6-4-3-5-7-10)14(16)12(9-17)15(13)18/h3-7,9,11,13-14,17H,8H2,1-2H3/b12-9+/t11-,13+,14-/m1/s1. The van der Waals surface area contributed by atoms with Gasteiger partial charge in [0.1, 0.15) is 0 Å². The van der Waals surface area contributed by atoms with Crippen LogP contribution in [0.5, 0.6) is 0 Å². The van der Waals surface area contributed by atoms with E-state index in [2.05, 4.69) is 26.0 Å². The van der Waals surface area contributed by atoms with Gasteiger partial charge in [-0.05, 0) is 23.3 Å². The molecular formula is C16H18O2. The molecule has 18 heavy (non-hydrogen) atoms. The molecule has 0 spiro atoms. The smallest absolute Gasteiger partial charge is 0.165 e. The van der Waals surface area contributed by atoms with E-state index in [0.717, 1.165) is 12.7 Å². The molecule has 1 aromatic carbocycles. The molecule has 2 fully saturated rings. The lowest BCUT2D eigenvalue weighted by Crippen LogP contribution is -2.20. The molecule has 1 aromatic rings. The van der Waals surface area contributed by atoms with Gasteiger partial charge in [0.15, 0.2) is 5.78 Å². The maximum absolute atomic E-state index is 12.2. The van der Waals surface area contributed by atoms with Crippen LogP contribution in [0.25, 0.3) is 0 Å². The van der Waals surface area contributed by atoms with Crippen molar-refractivity contribution in [2.45, 2.75) is 26.2 Å². The number of hydrogen-bond donors (Lipinski definition) is 1. The van der Waals surface area contributed by atoms with E-state index < -0.39 is 0 Å². The largest absolute Gasteiger partial charge is 0.515 e. The fourth-order valence-electron chi connectivity index (χ4n) is 4.02. The first-order valence-electron chi connectivity index (χ1n) is 6.50. The van der Waals surface area contributed by atoms with Crippen LogP contribution >= 0.6 is 0 Å². The van der Waals surface area contributed by atoms with Gasteiger partial charge in [-0.15, -0.1) is 0 Å². The second kappa shape index (κ2) is 3.71. The second-order valence-electron chi connectivity index (χ2n) is 6.05. The number of fused-ring (bicyclic) bond motifs is 2. The predicted molar refractivity (Wildman–Crippen MR) is 70.3 cm³/mol. The van der Waals surface area contributed by atoms with Crippen LogP contribution in [-0.4, -0.2) is 10.9 Å². The molecule has 2 heteroatoms. The predicted octanol–water partition coefficient (Wildman–Crippen LogP) is 3.46. The first-order valence-corrected chi connectivity index (χ1v) is 6.50. The molecule has 2 saturated carbocycles. The monoisotopic (exact) mass is 242 g/mol. The van der Waals surface area contributed by atoms with E-state index in [9.17, 15) is 9.90 Å². The van der Waals surface area contributed by atoms with Crippen LogP contribution in [0.3, 0.4) is 0 Å².